The summed E-state index contributed by atoms with van der Waals surface area (Å²) in [5.74, 6) is -0.761. The zero-order valence-corrected chi connectivity index (χ0v) is 15.5. The molecule has 6 nitrogen and oxygen atoms in total. The van der Waals surface area contributed by atoms with E-state index in [2.05, 4.69) is 15.2 Å². The molecule has 0 aliphatic heterocycles. The lowest BCUT2D eigenvalue weighted by molar-refractivity contribution is -0.137. The van der Waals surface area contributed by atoms with E-state index in [1.165, 1.54) is 12.1 Å². The molecule has 150 valence electrons. The van der Waals surface area contributed by atoms with Crippen molar-refractivity contribution in [2.45, 2.75) is 20.0 Å². The van der Waals surface area contributed by atoms with Crippen LogP contribution in [0, 0.1) is 6.92 Å². The van der Waals surface area contributed by atoms with E-state index in [4.69, 9.17) is 9.47 Å². The van der Waals surface area contributed by atoms with Crippen LogP contribution in [0.15, 0.2) is 48.5 Å². The highest BCUT2D eigenvalue weighted by atomic mass is 19.4. The Balaban J connectivity index is 2.04. The zero-order chi connectivity index (χ0) is 21.0. The number of alkyl halides is 3. The lowest BCUT2D eigenvalue weighted by Gasteiger charge is -2.11. The predicted octanol–water partition coefficient (Wildman–Crippen LogP) is 4.83. The highest BCUT2D eigenvalue weighted by Crippen LogP contribution is 2.32. The van der Waals surface area contributed by atoms with Crippen LogP contribution in [0.3, 0.4) is 0 Å². The SMILES string of the molecule is CCOC(=O)c1nnc(-c2cccc(C(F)(F)F)c2)nc1Oc1ccc(C)cc1. The van der Waals surface area contributed by atoms with Crippen LogP contribution in [0.4, 0.5) is 13.2 Å². The molecule has 0 saturated carbocycles. The van der Waals surface area contributed by atoms with Crippen LogP contribution in [0.5, 0.6) is 11.6 Å². The van der Waals surface area contributed by atoms with Gasteiger partial charge in [-0.1, -0.05) is 29.8 Å². The molecule has 0 saturated heterocycles. The molecule has 3 rings (SSSR count). The van der Waals surface area contributed by atoms with Gasteiger partial charge >= 0.3 is 12.1 Å². The van der Waals surface area contributed by atoms with Gasteiger partial charge in [0, 0.05) is 5.56 Å². The Morgan fingerprint density at radius 2 is 1.79 bits per heavy atom. The summed E-state index contributed by atoms with van der Waals surface area (Å²) in [4.78, 5) is 16.3. The molecule has 1 aromatic heterocycles. The van der Waals surface area contributed by atoms with Crippen LogP contribution in [-0.2, 0) is 10.9 Å². The monoisotopic (exact) mass is 403 g/mol. The van der Waals surface area contributed by atoms with E-state index in [-0.39, 0.29) is 29.6 Å². The second-order valence-corrected chi connectivity index (χ2v) is 6.00. The van der Waals surface area contributed by atoms with E-state index in [1.807, 2.05) is 6.92 Å². The number of carbonyl (C=O) groups excluding carboxylic acids is 1. The number of carbonyl (C=O) groups is 1. The molecular weight excluding hydrogens is 387 g/mol. The first kappa shape index (κ1) is 20.2. The molecule has 0 fully saturated rings. The van der Waals surface area contributed by atoms with Gasteiger partial charge in [-0.15, -0.1) is 10.2 Å². The van der Waals surface area contributed by atoms with Crippen LogP contribution in [0.2, 0.25) is 0 Å². The van der Waals surface area contributed by atoms with Crippen LogP contribution in [0.1, 0.15) is 28.5 Å². The number of nitrogens with zero attached hydrogens (tertiary/aromatic N) is 3. The van der Waals surface area contributed by atoms with E-state index >= 15 is 0 Å². The van der Waals surface area contributed by atoms with Crippen molar-refractivity contribution in [1.82, 2.24) is 15.2 Å². The predicted molar refractivity (Wildman–Crippen MR) is 97.5 cm³/mol. The summed E-state index contributed by atoms with van der Waals surface area (Å²) in [6.07, 6.45) is -4.52. The first-order valence-electron chi connectivity index (χ1n) is 8.62. The smallest absolute Gasteiger partial charge is 0.416 e. The number of esters is 1. The maximum absolute atomic E-state index is 13.0. The Hall–Kier alpha value is -3.49. The quantitative estimate of drug-likeness (QED) is 0.568. The van der Waals surface area contributed by atoms with Gasteiger partial charge in [-0.05, 0) is 38.1 Å². The fourth-order valence-electron chi connectivity index (χ4n) is 2.39. The van der Waals surface area contributed by atoms with Gasteiger partial charge in [-0.2, -0.15) is 18.2 Å². The third kappa shape index (κ3) is 4.87. The largest absolute Gasteiger partial charge is 0.461 e. The third-order valence-electron chi connectivity index (χ3n) is 3.81. The second kappa shape index (κ2) is 8.26. The number of hydrogen-bond acceptors (Lipinski definition) is 6. The molecule has 0 atom stereocenters. The Kier molecular flexibility index (Phi) is 5.76. The number of rotatable bonds is 5. The summed E-state index contributed by atoms with van der Waals surface area (Å²) >= 11 is 0. The van der Waals surface area contributed by atoms with Gasteiger partial charge in [0.15, 0.2) is 5.82 Å². The molecule has 1 heterocycles. The van der Waals surface area contributed by atoms with E-state index in [0.29, 0.717) is 5.75 Å². The van der Waals surface area contributed by atoms with Crippen LogP contribution >= 0.6 is 0 Å². The van der Waals surface area contributed by atoms with Crippen molar-refractivity contribution in [3.63, 3.8) is 0 Å². The number of ether oxygens (including phenoxy) is 2. The van der Waals surface area contributed by atoms with Crippen molar-refractivity contribution in [2.24, 2.45) is 0 Å². The molecule has 0 amide bonds. The molecule has 0 aliphatic carbocycles. The molecule has 0 aliphatic rings. The molecule has 0 radical (unpaired) electrons. The maximum atomic E-state index is 13.0. The highest BCUT2D eigenvalue weighted by Gasteiger charge is 2.31. The number of aryl methyl sites for hydroxylation is 1. The number of halogens is 3. The van der Waals surface area contributed by atoms with Crippen molar-refractivity contribution in [2.75, 3.05) is 6.61 Å². The van der Waals surface area contributed by atoms with Crippen molar-refractivity contribution in [1.29, 1.82) is 0 Å². The van der Waals surface area contributed by atoms with Crippen LogP contribution in [0.25, 0.3) is 11.4 Å². The Morgan fingerprint density at radius 1 is 1.07 bits per heavy atom. The molecular formula is C20H16F3N3O3. The molecule has 0 spiro atoms. The van der Waals surface area contributed by atoms with Gasteiger partial charge in [-0.3, -0.25) is 0 Å². The molecule has 3 aromatic rings. The number of hydrogen-bond donors (Lipinski definition) is 0. The Morgan fingerprint density at radius 3 is 2.45 bits per heavy atom. The summed E-state index contributed by atoms with van der Waals surface area (Å²) in [6, 6.07) is 11.4. The summed E-state index contributed by atoms with van der Waals surface area (Å²) in [6.45, 7) is 3.61. The summed E-state index contributed by atoms with van der Waals surface area (Å²) in [7, 11) is 0. The fraction of sp³-hybridized carbons (Fsp3) is 0.200. The normalized spacial score (nSPS) is 11.2. The van der Waals surface area contributed by atoms with Crippen molar-refractivity contribution >= 4 is 5.97 Å². The lowest BCUT2D eigenvalue weighted by atomic mass is 10.1. The van der Waals surface area contributed by atoms with E-state index in [0.717, 1.165) is 17.7 Å². The van der Waals surface area contributed by atoms with Crippen molar-refractivity contribution in [3.05, 3.63) is 65.4 Å². The topological polar surface area (TPSA) is 74.2 Å². The molecule has 0 bridgehead atoms. The van der Waals surface area contributed by atoms with Crippen molar-refractivity contribution < 1.29 is 27.4 Å². The molecule has 0 N–H and O–H groups in total. The minimum absolute atomic E-state index is 0.0801. The van der Waals surface area contributed by atoms with E-state index < -0.39 is 17.7 Å². The summed E-state index contributed by atoms with van der Waals surface area (Å²) in [5.41, 5.74) is -0.0536. The zero-order valence-electron chi connectivity index (χ0n) is 15.5. The highest BCUT2D eigenvalue weighted by molar-refractivity contribution is 5.89. The standard InChI is InChI=1S/C20H16F3N3O3/c1-3-28-19(27)16-18(29-15-9-7-12(2)8-10-15)24-17(26-25-16)13-5-4-6-14(11-13)20(21,22)23/h4-11H,3H2,1-2H3. The Bertz CT molecular complexity index is 1020. The Labute approximate surface area is 164 Å². The van der Waals surface area contributed by atoms with Crippen LogP contribution in [-0.4, -0.2) is 27.8 Å². The van der Waals surface area contributed by atoms with Gasteiger partial charge in [0.05, 0.1) is 12.2 Å². The molecule has 9 heteroatoms. The lowest BCUT2D eigenvalue weighted by Crippen LogP contribution is -2.12. The maximum Gasteiger partial charge on any atom is 0.416 e. The van der Waals surface area contributed by atoms with E-state index in [9.17, 15) is 18.0 Å². The van der Waals surface area contributed by atoms with E-state index in [1.54, 1.807) is 31.2 Å². The minimum Gasteiger partial charge on any atom is -0.461 e. The number of benzene rings is 2. The molecule has 2 aromatic carbocycles. The van der Waals surface area contributed by atoms with Gasteiger partial charge in [0.2, 0.25) is 5.69 Å². The average molecular weight is 403 g/mol. The number of aromatic nitrogens is 3. The third-order valence-corrected chi connectivity index (χ3v) is 3.81. The summed E-state index contributed by atoms with van der Waals surface area (Å²) in [5, 5.41) is 7.57. The van der Waals surface area contributed by atoms with Crippen LogP contribution < -0.4 is 4.74 Å². The summed E-state index contributed by atoms with van der Waals surface area (Å²) < 4.78 is 49.6. The minimum atomic E-state index is -4.52. The first-order chi connectivity index (χ1) is 13.8. The van der Waals surface area contributed by atoms with Gasteiger partial charge in [-0.25, -0.2) is 4.79 Å². The molecule has 0 unspecified atom stereocenters. The van der Waals surface area contributed by atoms with Crippen molar-refractivity contribution in [3.8, 4) is 23.0 Å². The van der Waals surface area contributed by atoms with Gasteiger partial charge in [0.1, 0.15) is 5.75 Å². The second-order valence-electron chi connectivity index (χ2n) is 6.00. The van der Waals surface area contributed by atoms with Gasteiger partial charge in [0.25, 0.3) is 5.88 Å². The fourth-order valence-corrected chi connectivity index (χ4v) is 2.39. The first-order valence-corrected chi connectivity index (χ1v) is 8.62. The average Bonchev–Trinajstić information content (AvgIpc) is 2.69. The molecule has 29 heavy (non-hydrogen) atoms. The van der Waals surface area contributed by atoms with Gasteiger partial charge < -0.3 is 9.47 Å².